The van der Waals surface area contributed by atoms with Gasteiger partial charge in [-0.15, -0.1) is 0 Å². The lowest BCUT2D eigenvalue weighted by molar-refractivity contribution is 0.0787. The van der Waals surface area contributed by atoms with Gasteiger partial charge in [0.1, 0.15) is 28.4 Å². The standard InChI is InChI=1S/C17H24O4/c1-6-7-12(18)15-14(20-5)10-13(19-4)11-8-9-17(2,3)21-16(11)15/h10H,6-9H2,1-5H3. The summed E-state index contributed by atoms with van der Waals surface area (Å²) in [7, 11) is 3.19. The number of methoxy groups -OCH3 is 2. The molecule has 0 saturated carbocycles. The predicted molar refractivity (Wildman–Crippen MR) is 81.8 cm³/mol. The maximum Gasteiger partial charge on any atom is 0.170 e. The third-order valence-electron chi connectivity index (χ3n) is 3.86. The molecule has 0 spiro atoms. The van der Waals surface area contributed by atoms with Gasteiger partial charge < -0.3 is 14.2 Å². The molecule has 0 N–H and O–H groups in total. The molecule has 1 aliphatic rings. The van der Waals surface area contributed by atoms with Crippen molar-refractivity contribution in [2.24, 2.45) is 0 Å². The van der Waals surface area contributed by atoms with E-state index in [1.165, 1.54) is 0 Å². The van der Waals surface area contributed by atoms with Gasteiger partial charge in [0.05, 0.1) is 14.2 Å². The summed E-state index contributed by atoms with van der Waals surface area (Å²) in [5, 5.41) is 0. The van der Waals surface area contributed by atoms with Gasteiger partial charge in [0.15, 0.2) is 5.78 Å². The first kappa shape index (κ1) is 15.7. The highest BCUT2D eigenvalue weighted by molar-refractivity contribution is 6.02. The molecule has 0 aliphatic carbocycles. The van der Waals surface area contributed by atoms with Gasteiger partial charge in [0, 0.05) is 18.1 Å². The van der Waals surface area contributed by atoms with E-state index in [0.29, 0.717) is 23.5 Å². The Balaban J connectivity index is 2.64. The highest BCUT2D eigenvalue weighted by Gasteiger charge is 2.34. The maximum atomic E-state index is 12.5. The minimum Gasteiger partial charge on any atom is -0.496 e. The van der Waals surface area contributed by atoms with Crippen LogP contribution in [0.2, 0.25) is 0 Å². The molecule has 0 aromatic heterocycles. The second kappa shape index (κ2) is 5.96. The molecule has 0 unspecified atom stereocenters. The predicted octanol–water partition coefficient (Wildman–Crippen LogP) is 3.79. The Morgan fingerprint density at radius 3 is 2.52 bits per heavy atom. The van der Waals surface area contributed by atoms with Crippen molar-refractivity contribution in [2.45, 2.75) is 52.1 Å². The smallest absolute Gasteiger partial charge is 0.170 e. The Morgan fingerprint density at radius 1 is 1.29 bits per heavy atom. The van der Waals surface area contributed by atoms with Crippen molar-refractivity contribution in [1.29, 1.82) is 0 Å². The van der Waals surface area contributed by atoms with Gasteiger partial charge in [0.25, 0.3) is 0 Å². The average molecular weight is 292 g/mol. The number of ether oxygens (including phenoxy) is 3. The molecule has 1 aromatic carbocycles. The fraction of sp³-hybridized carbons (Fsp3) is 0.588. The molecule has 0 atom stereocenters. The van der Waals surface area contributed by atoms with Crippen LogP contribution in [0, 0.1) is 0 Å². The minimum atomic E-state index is -0.286. The third kappa shape index (κ3) is 2.99. The summed E-state index contributed by atoms with van der Waals surface area (Å²) < 4.78 is 17.0. The molecule has 21 heavy (non-hydrogen) atoms. The number of hydrogen-bond acceptors (Lipinski definition) is 4. The lowest BCUT2D eigenvalue weighted by atomic mass is 9.90. The second-order valence-corrected chi connectivity index (χ2v) is 6.00. The molecule has 0 bridgehead atoms. The van der Waals surface area contributed by atoms with E-state index in [4.69, 9.17) is 14.2 Å². The maximum absolute atomic E-state index is 12.5. The average Bonchev–Trinajstić information content (AvgIpc) is 2.44. The molecule has 4 heteroatoms. The Kier molecular flexibility index (Phi) is 4.45. The van der Waals surface area contributed by atoms with Crippen LogP contribution in [0.1, 0.15) is 56.0 Å². The van der Waals surface area contributed by atoms with Crippen molar-refractivity contribution in [1.82, 2.24) is 0 Å². The van der Waals surface area contributed by atoms with Crippen molar-refractivity contribution in [3.8, 4) is 17.2 Å². The number of rotatable bonds is 5. The summed E-state index contributed by atoms with van der Waals surface area (Å²) in [5.74, 6) is 1.96. The molecule has 0 saturated heterocycles. The largest absolute Gasteiger partial charge is 0.496 e. The normalized spacial score (nSPS) is 15.9. The number of carbonyl (C=O) groups is 1. The van der Waals surface area contributed by atoms with Crippen LogP contribution in [0.3, 0.4) is 0 Å². The van der Waals surface area contributed by atoms with Crippen LogP contribution in [0.5, 0.6) is 17.2 Å². The molecule has 1 heterocycles. The number of benzene rings is 1. The zero-order valence-corrected chi connectivity index (χ0v) is 13.5. The highest BCUT2D eigenvalue weighted by atomic mass is 16.5. The van der Waals surface area contributed by atoms with Crippen LogP contribution in [-0.2, 0) is 6.42 Å². The summed E-state index contributed by atoms with van der Waals surface area (Å²) in [6, 6.07) is 1.80. The molecular formula is C17H24O4. The van der Waals surface area contributed by atoms with Gasteiger partial charge in [-0.1, -0.05) is 6.92 Å². The Labute approximate surface area is 126 Å². The number of carbonyl (C=O) groups excluding carboxylic acids is 1. The van der Waals surface area contributed by atoms with Gasteiger partial charge in [-0.25, -0.2) is 0 Å². The first-order valence-corrected chi connectivity index (χ1v) is 7.43. The van der Waals surface area contributed by atoms with E-state index in [9.17, 15) is 4.79 Å². The lowest BCUT2D eigenvalue weighted by Gasteiger charge is -2.34. The first-order chi connectivity index (χ1) is 9.93. The summed E-state index contributed by atoms with van der Waals surface area (Å²) in [6.07, 6.45) is 3.01. The summed E-state index contributed by atoms with van der Waals surface area (Å²) in [5.41, 5.74) is 1.24. The molecular weight excluding hydrogens is 268 g/mol. The van der Waals surface area contributed by atoms with Gasteiger partial charge >= 0.3 is 0 Å². The molecule has 1 aliphatic heterocycles. The fourth-order valence-electron chi connectivity index (χ4n) is 2.71. The van der Waals surface area contributed by atoms with Crippen LogP contribution >= 0.6 is 0 Å². The van der Waals surface area contributed by atoms with Crippen molar-refractivity contribution < 1.29 is 19.0 Å². The molecule has 1 aromatic rings. The van der Waals surface area contributed by atoms with Crippen molar-refractivity contribution in [3.63, 3.8) is 0 Å². The molecule has 0 radical (unpaired) electrons. The van der Waals surface area contributed by atoms with Crippen LogP contribution in [-0.4, -0.2) is 25.6 Å². The summed E-state index contributed by atoms with van der Waals surface area (Å²) in [4.78, 5) is 12.5. The summed E-state index contributed by atoms with van der Waals surface area (Å²) >= 11 is 0. The number of fused-ring (bicyclic) bond motifs is 1. The van der Waals surface area contributed by atoms with Crippen LogP contribution in [0.15, 0.2) is 6.07 Å². The minimum absolute atomic E-state index is 0.0611. The zero-order valence-electron chi connectivity index (χ0n) is 13.5. The monoisotopic (exact) mass is 292 g/mol. The Bertz CT molecular complexity index is 546. The summed E-state index contributed by atoms with van der Waals surface area (Å²) in [6.45, 7) is 6.07. The van der Waals surface area contributed by atoms with E-state index in [1.807, 2.05) is 20.8 Å². The topological polar surface area (TPSA) is 44.8 Å². The highest BCUT2D eigenvalue weighted by Crippen LogP contribution is 2.45. The molecule has 2 rings (SSSR count). The SMILES string of the molecule is CCCC(=O)c1c(OC)cc(OC)c2c1OC(C)(C)CC2. The number of hydrogen-bond donors (Lipinski definition) is 0. The lowest BCUT2D eigenvalue weighted by Crippen LogP contribution is -2.33. The van der Waals surface area contributed by atoms with E-state index >= 15 is 0 Å². The molecule has 0 fully saturated rings. The van der Waals surface area contributed by atoms with Crippen molar-refractivity contribution >= 4 is 5.78 Å². The molecule has 0 amide bonds. The first-order valence-electron chi connectivity index (χ1n) is 7.43. The van der Waals surface area contributed by atoms with Gasteiger partial charge in [-0.05, 0) is 33.1 Å². The Morgan fingerprint density at radius 2 is 1.95 bits per heavy atom. The molecule has 116 valence electrons. The van der Waals surface area contributed by atoms with Crippen molar-refractivity contribution in [3.05, 3.63) is 17.2 Å². The van der Waals surface area contributed by atoms with E-state index < -0.39 is 0 Å². The van der Waals surface area contributed by atoms with Crippen LogP contribution < -0.4 is 14.2 Å². The Hall–Kier alpha value is -1.71. The second-order valence-electron chi connectivity index (χ2n) is 6.00. The number of Topliss-reactive ketones (excluding diaryl/α,β-unsaturated/α-hetero) is 1. The van der Waals surface area contributed by atoms with Crippen LogP contribution in [0.25, 0.3) is 0 Å². The van der Waals surface area contributed by atoms with Gasteiger partial charge in [-0.3, -0.25) is 4.79 Å². The third-order valence-corrected chi connectivity index (χ3v) is 3.86. The van der Waals surface area contributed by atoms with E-state index in [1.54, 1.807) is 20.3 Å². The van der Waals surface area contributed by atoms with Gasteiger partial charge in [-0.2, -0.15) is 0 Å². The van der Waals surface area contributed by atoms with Crippen molar-refractivity contribution in [2.75, 3.05) is 14.2 Å². The fourth-order valence-corrected chi connectivity index (χ4v) is 2.71. The number of ketones is 1. The van der Waals surface area contributed by atoms with E-state index in [0.717, 1.165) is 30.6 Å². The van der Waals surface area contributed by atoms with Gasteiger partial charge in [0.2, 0.25) is 0 Å². The molecule has 4 nitrogen and oxygen atoms in total. The van der Waals surface area contributed by atoms with E-state index in [-0.39, 0.29) is 11.4 Å². The van der Waals surface area contributed by atoms with E-state index in [2.05, 4.69) is 0 Å². The zero-order chi connectivity index (χ0) is 15.6. The van der Waals surface area contributed by atoms with Crippen LogP contribution in [0.4, 0.5) is 0 Å². The quantitative estimate of drug-likeness (QED) is 0.775.